The molecule has 0 saturated heterocycles. The third-order valence-corrected chi connectivity index (χ3v) is 10.8. The van der Waals surface area contributed by atoms with E-state index in [4.69, 9.17) is 4.74 Å². The van der Waals surface area contributed by atoms with Crippen molar-refractivity contribution in [2.24, 2.45) is 0 Å². The molecule has 1 unspecified atom stereocenters. The van der Waals surface area contributed by atoms with Crippen LogP contribution in [0.3, 0.4) is 0 Å². The number of rotatable bonds is 6. The molecule has 0 saturated carbocycles. The fraction of sp³-hybridized carbons (Fsp3) is 0.133. The summed E-state index contributed by atoms with van der Waals surface area (Å²) in [5, 5.41) is 20.9. The number of carbonyl (C=O) groups excluding carboxylic acids is 1. The van der Waals surface area contributed by atoms with E-state index in [1.807, 2.05) is 80.5 Å². The summed E-state index contributed by atoms with van der Waals surface area (Å²) in [4.78, 5) is 11.6. The molecule has 10 nitrogen and oxygen atoms in total. The average molecular weight is 889 g/mol. The normalized spacial score (nSPS) is 11.9. The standard InChI is InChI=1S/C15H11I4NO4.Na.5H2O/c16-13(15(17,14(22)23)20(18)19)9-1-5-11(6-2-9)24-12-7-3-10(21)4-8-12;;;;;;/h1-8,13,21H,(H,22,23);;5*1H2/q;+1;;;;;/p-1/t13?,15-;;;;;;/m0....../s1. The van der Waals surface area contributed by atoms with Gasteiger partial charge in [0.1, 0.15) is 20.8 Å². The number of aromatic hydroxyl groups is 1. The minimum atomic E-state index is -1.18. The van der Waals surface area contributed by atoms with Gasteiger partial charge in [-0.3, -0.25) is 0 Å². The number of carboxylic acids is 1. The smallest absolute Gasteiger partial charge is 0.547 e. The molecule has 2 aromatic carbocycles. The van der Waals surface area contributed by atoms with Gasteiger partial charge in [0.05, 0.1) is 9.89 Å². The molecule has 11 N–H and O–H groups in total. The van der Waals surface area contributed by atoms with E-state index in [2.05, 4.69) is 22.6 Å². The molecule has 30 heavy (non-hydrogen) atoms. The van der Waals surface area contributed by atoms with Gasteiger partial charge in [0, 0.05) is 45.7 Å². The minimum absolute atomic E-state index is 0. The topological polar surface area (TPSA) is 230 Å². The van der Waals surface area contributed by atoms with Gasteiger partial charge in [0.15, 0.2) is 0 Å². The van der Waals surface area contributed by atoms with Crippen molar-refractivity contribution in [2.75, 3.05) is 0 Å². The molecule has 0 bridgehead atoms. The third-order valence-electron chi connectivity index (χ3n) is 3.11. The zero-order valence-electron chi connectivity index (χ0n) is 15.3. The summed E-state index contributed by atoms with van der Waals surface area (Å²) in [5.41, 5.74) is 0.852. The number of halogens is 4. The summed E-state index contributed by atoms with van der Waals surface area (Å²) in [7, 11) is 0. The van der Waals surface area contributed by atoms with Crippen molar-refractivity contribution in [3.63, 3.8) is 0 Å². The molecule has 2 atom stereocenters. The molecule has 15 heteroatoms. The number of carboxylic acid groups (broad SMARTS) is 1. The zero-order chi connectivity index (χ0) is 17.9. The van der Waals surface area contributed by atoms with Gasteiger partial charge < -0.3 is 47.1 Å². The van der Waals surface area contributed by atoms with E-state index < -0.39 is 9.51 Å². The van der Waals surface area contributed by atoms with E-state index in [0.717, 1.165) is 5.56 Å². The first kappa shape index (κ1) is 41.4. The van der Waals surface area contributed by atoms with Gasteiger partial charge >= 0.3 is 29.6 Å². The van der Waals surface area contributed by atoms with Crippen LogP contribution >= 0.6 is 90.9 Å². The molecule has 0 aliphatic heterocycles. The number of benzene rings is 2. The Bertz CT molecular complexity index is 725. The largest absolute Gasteiger partial charge is 1.00 e. The number of phenols is 1. The van der Waals surface area contributed by atoms with Gasteiger partial charge in [0.25, 0.3) is 0 Å². The summed E-state index contributed by atoms with van der Waals surface area (Å²) in [6, 6.07) is 13.7. The number of hydrogen-bond acceptors (Lipinski definition) is 5. The van der Waals surface area contributed by atoms with Gasteiger partial charge in [0.2, 0.25) is 0 Å². The van der Waals surface area contributed by atoms with Crippen LogP contribution in [-0.4, -0.2) is 43.3 Å². The zero-order valence-corrected chi connectivity index (χ0v) is 26.0. The molecule has 2 rings (SSSR count). The molecule has 2 aromatic rings. The van der Waals surface area contributed by atoms with Crippen molar-refractivity contribution in [1.82, 2.24) is 1.33 Å². The summed E-state index contributed by atoms with van der Waals surface area (Å²) in [6.07, 6.45) is 0. The molecule has 0 radical (unpaired) electrons. The Morgan fingerprint density at radius 3 is 1.63 bits per heavy atom. The van der Waals surface area contributed by atoms with E-state index in [1.54, 1.807) is 37.7 Å². The first-order valence-electron chi connectivity index (χ1n) is 6.48. The van der Waals surface area contributed by atoms with Gasteiger partial charge in [-0.25, -0.2) is 0 Å². The number of hydrogen-bond donors (Lipinski definition) is 1. The Morgan fingerprint density at radius 1 is 0.933 bits per heavy atom. The molecule has 0 heterocycles. The van der Waals surface area contributed by atoms with E-state index in [9.17, 15) is 15.0 Å². The van der Waals surface area contributed by atoms with E-state index in [-0.39, 0.29) is 66.6 Å². The fourth-order valence-electron chi connectivity index (χ4n) is 1.83. The molecule has 0 spiro atoms. The predicted octanol–water partition coefficient (Wildman–Crippen LogP) is -2.58. The number of nitrogens with zero attached hydrogens (tertiary/aromatic N) is 1. The Hall–Kier alpha value is 1.19. The Balaban J connectivity index is -0.000000347. The number of ether oxygens (including phenoxy) is 1. The molecule has 0 fully saturated rings. The van der Waals surface area contributed by atoms with Gasteiger partial charge in [-0.15, -0.1) is 0 Å². The van der Waals surface area contributed by atoms with Crippen LogP contribution < -0.4 is 39.4 Å². The summed E-state index contributed by atoms with van der Waals surface area (Å²) in [5.74, 6) is 0.264. The van der Waals surface area contributed by atoms with E-state index in [0.29, 0.717) is 11.5 Å². The van der Waals surface area contributed by atoms with Crippen molar-refractivity contribution >= 4 is 96.9 Å². The molecular formula is C15H20I4NNaO9. The minimum Gasteiger partial charge on any atom is -0.547 e. The number of alkyl halides is 2. The SMILES string of the molecule is O.O.O.O.O.O=C([O-])[C@](I)(C(I)c1ccc(Oc2ccc(O)cc2)cc1)N(I)I.[Na+]. The van der Waals surface area contributed by atoms with Crippen molar-refractivity contribution < 1.29 is 76.7 Å². The molecule has 0 amide bonds. The second kappa shape index (κ2) is 18.6. The van der Waals surface area contributed by atoms with Gasteiger partial charge in [-0.2, -0.15) is 1.33 Å². The van der Waals surface area contributed by atoms with Crippen LogP contribution in [0.1, 0.15) is 9.49 Å². The third kappa shape index (κ3) is 10.4. The second-order valence-corrected chi connectivity index (χ2v) is 11.4. The molecule has 0 aliphatic rings. The summed E-state index contributed by atoms with van der Waals surface area (Å²) >= 11 is 7.90. The first-order valence-corrected chi connectivity index (χ1v) is 10.7. The Morgan fingerprint density at radius 2 is 1.30 bits per heavy atom. The Kier molecular flexibility index (Phi) is 25.7. The molecular weight excluding hydrogens is 869 g/mol. The number of phenolic OH excluding ortho intramolecular Hbond substituents is 1. The van der Waals surface area contributed by atoms with Crippen molar-refractivity contribution in [3.8, 4) is 17.2 Å². The van der Waals surface area contributed by atoms with Crippen LogP contribution in [0.4, 0.5) is 0 Å². The second-order valence-electron chi connectivity index (χ2n) is 4.72. The summed E-state index contributed by atoms with van der Waals surface area (Å²) < 4.78 is 5.77. The van der Waals surface area contributed by atoms with Crippen LogP contribution in [0.25, 0.3) is 0 Å². The maximum absolute atomic E-state index is 11.6. The average Bonchev–Trinajstić information content (AvgIpc) is 2.55. The van der Waals surface area contributed by atoms with Crippen molar-refractivity contribution in [2.45, 2.75) is 7.47 Å². The maximum Gasteiger partial charge on any atom is 1.00 e. The number of carbonyl (C=O) groups is 1. The van der Waals surface area contributed by atoms with E-state index >= 15 is 0 Å². The predicted molar refractivity (Wildman–Crippen MR) is 141 cm³/mol. The summed E-state index contributed by atoms with van der Waals surface area (Å²) in [6.45, 7) is 0. The van der Waals surface area contributed by atoms with Crippen LogP contribution in [0.2, 0.25) is 0 Å². The van der Waals surface area contributed by atoms with Crippen LogP contribution in [-0.2, 0) is 4.79 Å². The van der Waals surface area contributed by atoms with Gasteiger partial charge in [-0.05, 0) is 42.0 Å². The maximum atomic E-state index is 11.6. The van der Waals surface area contributed by atoms with Crippen LogP contribution in [0.5, 0.6) is 17.2 Å². The molecule has 0 aliphatic carbocycles. The quantitative estimate of drug-likeness (QED) is 0.108. The monoisotopic (exact) mass is 889 g/mol. The first-order chi connectivity index (χ1) is 11.2. The van der Waals surface area contributed by atoms with E-state index in [1.165, 1.54) is 0 Å². The van der Waals surface area contributed by atoms with Crippen LogP contribution in [0, 0.1) is 0 Å². The number of aliphatic carboxylic acids is 1. The van der Waals surface area contributed by atoms with Crippen molar-refractivity contribution in [3.05, 3.63) is 54.1 Å². The van der Waals surface area contributed by atoms with Gasteiger partial charge in [-0.1, -0.05) is 57.3 Å². The fourth-order valence-corrected chi connectivity index (χ4v) is 5.16. The van der Waals surface area contributed by atoms with Crippen LogP contribution in [0.15, 0.2) is 48.5 Å². The molecule has 0 aromatic heterocycles. The van der Waals surface area contributed by atoms with Crippen molar-refractivity contribution in [1.29, 1.82) is 0 Å². The Labute approximate surface area is 250 Å². The molecule has 168 valence electrons.